The van der Waals surface area contributed by atoms with Crippen LogP contribution >= 0.6 is 0 Å². The molecule has 2 aromatic carbocycles. The molecule has 0 fully saturated rings. The molecule has 8 nitrogen and oxygen atoms in total. The summed E-state index contributed by atoms with van der Waals surface area (Å²) in [6.45, 7) is 0. The highest BCUT2D eigenvalue weighted by Gasteiger charge is 2.22. The smallest absolute Gasteiger partial charge is 0.303 e. The summed E-state index contributed by atoms with van der Waals surface area (Å²) in [5.74, 6) is -2.08. The van der Waals surface area contributed by atoms with Gasteiger partial charge in [-0.15, -0.1) is 0 Å². The number of nitrogens with one attached hydrogen (secondary N) is 1. The number of nitrogens with zero attached hydrogens (tertiary/aromatic N) is 2. The third-order valence-electron chi connectivity index (χ3n) is 4.56. The average molecular weight is 402 g/mol. The Labute approximate surface area is 172 Å². The van der Waals surface area contributed by atoms with Gasteiger partial charge in [-0.1, -0.05) is 36.4 Å². The first kappa shape index (κ1) is 20.6. The number of ketones is 1. The number of carboxylic acid groups (broad SMARTS) is 1. The summed E-state index contributed by atoms with van der Waals surface area (Å²) in [5.41, 5.74) is 6.25. The molecule has 0 aliphatic rings. The van der Waals surface area contributed by atoms with Crippen LogP contribution in [0.3, 0.4) is 0 Å². The molecule has 150 valence electrons. The molecule has 3 aromatic rings. The topological polar surface area (TPSA) is 146 Å². The second-order valence-electron chi connectivity index (χ2n) is 6.62. The van der Waals surface area contributed by atoms with Crippen molar-refractivity contribution in [3.05, 3.63) is 71.5 Å². The van der Waals surface area contributed by atoms with Gasteiger partial charge in [0.05, 0.1) is 23.5 Å². The SMILES string of the molecule is N#Cc1ncc(NC(=O)c2cccc3ccccc23)cc1C(=O)[C@@H](N)CCC(=O)O. The van der Waals surface area contributed by atoms with E-state index in [2.05, 4.69) is 10.3 Å². The Morgan fingerprint density at radius 2 is 1.87 bits per heavy atom. The molecular weight excluding hydrogens is 384 g/mol. The summed E-state index contributed by atoms with van der Waals surface area (Å²) in [7, 11) is 0. The van der Waals surface area contributed by atoms with Crippen LogP contribution in [0.25, 0.3) is 10.8 Å². The summed E-state index contributed by atoms with van der Waals surface area (Å²) in [6, 6.07) is 14.8. The van der Waals surface area contributed by atoms with Gasteiger partial charge in [-0.2, -0.15) is 5.26 Å². The summed E-state index contributed by atoms with van der Waals surface area (Å²) in [6.07, 6.45) is 0.923. The van der Waals surface area contributed by atoms with Gasteiger partial charge in [-0.05, 0) is 29.3 Å². The Kier molecular flexibility index (Phi) is 6.15. The Morgan fingerprint density at radius 1 is 1.13 bits per heavy atom. The lowest BCUT2D eigenvalue weighted by molar-refractivity contribution is -0.137. The molecule has 0 spiro atoms. The third-order valence-corrected chi connectivity index (χ3v) is 4.56. The van der Waals surface area contributed by atoms with E-state index in [-0.39, 0.29) is 29.8 Å². The predicted molar refractivity (Wildman–Crippen MR) is 110 cm³/mol. The number of hydrogen-bond acceptors (Lipinski definition) is 6. The number of carbonyl (C=O) groups is 3. The average Bonchev–Trinajstić information content (AvgIpc) is 2.76. The molecule has 8 heteroatoms. The minimum absolute atomic E-state index is 0.0638. The summed E-state index contributed by atoms with van der Waals surface area (Å²) < 4.78 is 0. The lowest BCUT2D eigenvalue weighted by Crippen LogP contribution is -2.32. The van der Waals surface area contributed by atoms with Crippen LogP contribution in [0.5, 0.6) is 0 Å². The van der Waals surface area contributed by atoms with Crippen LogP contribution in [0.4, 0.5) is 5.69 Å². The van der Waals surface area contributed by atoms with Crippen LogP contribution in [-0.2, 0) is 4.79 Å². The number of benzene rings is 2. The number of aliphatic carboxylic acids is 1. The predicted octanol–water partition coefficient (Wildman–Crippen LogP) is 2.73. The van der Waals surface area contributed by atoms with Crippen molar-refractivity contribution in [3.8, 4) is 6.07 Å². The molecule has 1 aromatic heterocycles. The van der Waals surface area contributed by atoms with Crippen molar-refractivity contribution in [2.24, 2.45) is 5.73 Å². The molecule has 1 atom stereocenters. The van der Waals surface area contributed by atoms with Crippen molar-refractivity contribution in [2.45, 2.75) is 18.9 Å². The zero-order valence-corrected chi connectivity index (χ0v) is 15.8. The molecule has 1 heterocycles. The highest BCUT2D eigenvalue weighted by atomic mass is 16.4. The van der Waals surface area contributed by atoms with Crippen LogP contribution < -0.4 is 11.1 Å². The molecule has 0 radical (unpaired) electrons. The lowest BCUT2D eigenvalue weighted by Gasteiger charge is -2.12. The van der Waals surface area contributed by atoms with E-state index in [9.17, 15) is 19.6 Å². The van der Waals surface area contributed by atoms with Crippen molar-refractivity contribution < 1.29 is 19.5 Å². The normalized spacial score (nSPS) is 11.5. The van der Waals surface area contributed by atoms with Gasteiger partial charge in [0, 0.05) is 12.0 Å². The van der Waals surface area contributed by atoms with E-state index in [4.69, 9.17) is 10.8 Å². The van der Waals surface area contributed by atoms with Crippen molar-refractivity contribution in [1.29, 1.82) is 5.26 Å². The van der Waals surface area contributed by atoms with Gasteiger partial charge in [0.2, 0.25) is 0 Å². The first-order valence-corrected chi connectivity index (χ1v) is 9.11. The summed E-state index contributed by atoms with van der Waals surface area (Å²) >= 11 is 0. The highest BCUT2D eigenvalue weighted by molar-refractivity contribution is 6.13. The monoisotopic (exact) mass is 402 g/mol. The fourth-order valence-electron chi connectivity index (χ4n) is 3.04. The molecule has 0 saturated heterocycles. The van der Waals surface area contributed by atoms with Crippen molar-refractivity contribution in [1.82, 2.24) is 4.98 Å². The van der Waals surface area contributed by atoms with Crippen molar-refractivity contribution in [2.75, 3.05) is 5.32 Å². The van der Waals surface area contributed by atoms with E-state index < -0.39 is 23.7 Å². The van der Waals surface area contributed by atoms with Gasteiger partial charge in [0.15, 0.2) is 11.5 Å². The van der Waals surface area contributed by atoms with Crippen molar-refractivity contribution >= 4 is 34.1 Å². The first-order chi connectivity index (χ1) is 14.4. The van der Waals surface area contributed by atoms with E-state index in [1.807, 2.05) is 36.4 Å². The first-order valence-electron chi connectivity index (χ1n) is 9.11. The zero-order valence-electron chi connectivity index (χ0n) is 15.8. The molecule has 0 saturated carbocycles. The van der Waals surface area contributed by atoms with Crippen LogP contribution in [0.2, 0.25) is 0 Å². The number of nitriles is 1. The molecular formula is C22H18N4O4. The van der Waals surface area contributed by atoms with E-state index in [1.54, 1.807) is 12.1 Å². The summed E-state index contributed by atoms with van der Waals surface area (Å²) in [4.78, 5) is 40.0. The Balaban J connectivity index is 1.87. The number of aromatic nitrogens is 1. The van der Waals surface area contributed by atoms with Crippen LogP contribution in [0.15, 0.2) is 54.7 Å². The van der Waals surface area contributed by atoms with Gasteiger partial charge in [-0.25, -0.2) is 4.98 Å². The molecule has 30 heavy (non-hydrogen) atoms. The van der Waals surface area contributed by atoms with Gasteiger partial charge < -0.3 is 16.2 Å². The summed E-state index contributed by atoms with van der Waals surface area (Å²) in [5, 5.41) is 22.4. The van der Waals surface area contributed by atoms with Gasteiger partial charge in [0.25, 0.3) is 5.91 Å². The molecule has 3 rings (SSSR count). The standard InChI is InChI=1S/C22H18N4O4/c23-11-19-17(21(29)18(24)8-9-20(27)28)10-14(12-25-19)26-22(30)16-7-3-5-13-4-1-2-6-15(13)16/h1-7,10,12,18H,8-9,24H2,(H,26,30)(H,27,28)/t18-/m0/s1. The van der Waals surface area contributed by atoms with Crippen LogP contribution in [0.1, 0.15) is 39.3 Å². The minimum atomic E-state index is -1.10. The molecule has 4 N–H and O–H groups in total. The van der Waals surface area contributed by atoms with Gasteiger partial charge in [-0.3, -0.25) is 14.4 Å². The molecule has 1 amide bonds. The fourth-order valence-corrected chi connectivity index (χ4v) is 3.04. The van der Waals surface area contributed by atoms with Crippen LogP contribution in [0, 0.1) is 11.3 Å². The van der Waals surface area contributed by atoms with Gasteiger partial charge >= 0.3 is 5.97 Å². The number of carbonyl (C=O) groups excluding carboxylic acids is 2. The Bertz CT molecular complexity index is 1180. The number of carboxylic acids is 1. The maximum atomic E-state index is 12.8. The molecule has 0 unspecified atom stereocenters. The Morgan fingerprint density at radius 3 is 2.60 bits per heavy atom. The maximum Gasteiger partial charge on any atom is 0.303 e. The minimum Gasteiger partial charge on any atom is -0.481 e. The van der Waals surface area contributed by atoms with Crippen LogP contribution in [-0.4, -0.2) is 33.8 Å². The Hall–Kier alpha value is -4.09. The van der Waals surface area contributed by atoms with Crippen molar-refractivity contribution in [3.63, 3.8) is 0 Å². The van der Waals surface area contributed by atoms with E-state index in [0.717, 1.165) is 10.8 Å². The number of Topliss-reactive ketones (excluding diaryl/α,β-unsaturated/α-hetero) is 1. The molecule has 0 aliphatic carbocycles. The zero-order chi connectivity index (χ0) is 21.7. The number of rotatable bonds is 7. The highest BCUT2D eigenvalue weighted by Crippen LogP contribution is 2.21. The van der Waals surface area contributed by atoms with E-state index in [0.29, 0.717) is 5.56 Å². The quantitative estimate of drug-likeness (QED) is 0.515. The number of anilines is 1. The molecule has 0 aliphatic heterocycles. The fraction of sp³-hybridized carbons (Fsp3) is 0.136. The maximum absolute atomic E-state index is 12.8. The number of nitrogens with two attached hydrogens (primary N) is 1. The second-order valence-corrected chi connectivity index (χ2v) is 6.62. The lowest BCUT2D eigenvalue weighted by atomic mass is 9.99. The van der Waals surface area contributed by atoms with E-state index in [1.165, 1.54) is 12.3 Å². The number of pyridine rings is 1. The second kappa shape index (κ2) is 8.94. The number of fused-ring (bicyclic) bond motifs is 1. The molecule has 0 bridgehead atoms. The van der Waals surface area contributed by atoms with E-state index >= 15 is 0 Å². The largest absolute Gasteiger partial charge is 0.481 e. The third kappa shape index (κ3) is 4.48. The number of amides is 1. The van der Waals surface area contributed by atoms with Gasteiger partial charge in [0.1, 0.15) is 6.07 Å². The number of hydrogen-bond donors (Lipinski definition) is 3.